The van der Waals surface area contributed by atoms with Crippen LogP contribution in [0, 0.1) is 5.92 Å². The molecule has 1 saturated heterocycles. The van der Waals surface area contributed by atoms with Crippen LogP contribution in [-0.2, 0) is 17.6 Å². The molecule has 1 aliphatic rings. The summed E-state index contributed by atoms with van der Waals surface area (Å²) >= 11 is 0. The maximum absolute atomic E-state index is 5.25. The Morgan fingerprint density at radius 3 is 3.11 bits per heavy atom. The molecule has 2 heterocycles. The van der Waals surface area contributed by atoms with Gasteiger partial charge in [0.1, 0.15) is 0 Å². The lowest BCUT2D eigenvalue weighted by Gasteiger charge is -2.29. The van der Waals surface area contributed by atoms with Gasteiger partial charge >= 0.3 is 0 Å². The fraction of sp³-hybridized carbons (Fsp3) is 0.846. The number of hydrogen-bond acceptors (Lipinski definition) is 5. The normalized spacial score (nSPS) is 21.3. The molecule has 1 atom stereocenters. The van der Waals surface area contributed by atoms with E-state index in [2.05, 4.69) is 22.1 Å². The minimum Gasteiger partial charge on any atom is -0.384 e. The van der Waals surface area contributed by atoms with Crippen LogP contribution in [0.2, 0.25) is 0 Å². The SMILES string of the molecule is COCCc1noc(CCC2CCCN(C)C2)n1. The van der Waals surface area contributed by atoms with Crippen LogP contribution in [0.25, 0.3) is 0 Å². The number of nitrogens with zero attached hydrogens (tertiary/aromatic N) is 3. The second-order valence-electron chi connectivity index (χ2n) is 5.16. The van der Waals surface area contributed by atoms with Gasteiger partial charge in [-0.2, -0.15) is 4.98 Å². The number of aryl methyl sites for hydroxylation is 1. The monoisotopic (exact) mass is 253 g/mol. The van der Waals surface area contributed by atoms with Crippen LogP contribution in [0.15, 0.2) is 4.52 Å². The predicted octanol–water partition coefficient (Wildman–Crippen LogP) is 1.53. The van der Waals surface area contributed by atoms with E-state index in [1.165, 1.54) is 25.9 Å². The average molecular weight is 253 g/mol. The van der Waals surface area contributed by atoms with E-state index in [-0.39, 0.29) is 0 Å². The molecule has 1 aromatic rings. The topological polar surface area (TPSA) is 51.4 Å². The molecule has 1 aliphatic heterocycles. The second kappa shape index (κ2) is 6.85. The van der Waals surface area contributed by atoms with Gasteiger partial charge in [0, 0.05) is 26.5 Å². The van der Waals surface area contributed by atoms with Crippen LogP contribution < -0.4 is 0 Å². The van der Waals surface area contributed by atoms with Gasteiger partial charge in [-0.15, -0.1) is 0 Å². The van der Waals surface area contributed by atoms with E-state index in [4.69, 9.17) is 9.26 Å². The Morgan fingerprint density at radius 1 is 1.44 bits per heavy atom. The highest BCUT2D eigenvalue weighted by Crippen LogP contribution is 2.20. The molecule has 2 rings (SSSR count). The molecule has 0 radical (unpaired) electrons. The molecular formula is C13H23N3O2. The molecule has 0 spiro atoms. The minimum absolute atomic E-state index is 0.645. The van der Waals surface area contributed by atoms with Crippen LogP contribution in [-0.4, -0.2) is 48.9 Å². The molecule has 0 saturated carbocycles. The van der Waals surface area contributed by atoms with Crippen molar-refractivity contribution < 1.29 is 9.26 Å². The summed E-state index contributed by atoms with van der Waals surface area (Å²) in [5.41, 5.74) is 0. The molecule has 0 aromatic carbocycles. The molecule has 5 heteroatoms. The Labute approximate surface area is 108 Å². The third-order valence-electron chi connectivity index (χ3n) is 3.53. The van der Waals surface area contributed by atoms with Crippen molar-refractivity contribution in [3.8, 4) is 0 Å². The summed E-state index contributed by atoms with van der Waals surface area (Å²) in [5, 5.41) is 3.96. The molecule has 5 nitrogen and oxygen atoms in total. The highest BCUT2D eigenvalue weighted by molar-refractivity contribution is 4.87. The Hall–Kier alpha value is -0.940. The second-order valence-corrected chi connectivity index (χ2v) is 5.16. The lowest BCUT2D eigenvalue weighted by molar-refractivity contribution is 0.198. The number of piperidine rings is 1. The Bertz CT molecular complexity index is 354. The van der Waals surface area contributed by atoms with Crippen molar-refractivity contribution in [1.29, 1.82) is 0 Å². The first-order chi connectivity index (χ1) is 8.78. The van der Waals surface area contributed by atoms with Gasteiger partial charge < -0.3 is 14.2 Å². The fourth-order valence-corrected chi connectivity index (χ4v) is 2.52. The lowest BCUT2D eigenvalue weighted by Crippen LogP contribution is -2.32. The summed E-state index contributed by atoms with van der Waals surface area (Å²) < 4.78 is 10.2. The molecule has 0 bridgehead atoms. The van der Waals surface area contributed by atoms with Crippen molar-refractivity contribution >= 4 is 0 Å². The molecule has 1 aromatic heterocycles. The average Bonchev–Trinajstić information content (AvgIpc) is 2.82. The van der Waals surface area contributed by atoms with Crippen LogP contribution in [0.5, 0.6) is 0 Å². The van der Waals surface area contributed by atoms with E-state index >= 15 is 0 Å². The number of likely N-dealkylation sites (tertiary alicyclic amines) is 1. The largest absolute Gasteiger partial charge is 0.384 e. The van der Waals surface area contributed by atoms with Gasteiger partial charge in [0.15, 0.2) is 5.82 Å². The molecular weight excluding hydrogens is 230 g/mol. The third kappa shape index (κ3) is 4.07. The Morgan fingerprint density at radius 2 is 2.33 bits per heavy atom. The Balaban J connectivity index is 1.74. The molecule has 1 fully saturated rings. The fourth-order valence-electron chi connectivity index (χ4n) is 2.52. The molecule has 18 heavy (non-hydrogen) atoms. The van der Waals surface area contributed by atoms with E-state index in [9.17, 15) is 0 Å². The number of hydrogen-bond donors (Lipinski definition) is 0. The van der Waals surface area contributed by atoms with Gasteiger partial charge in [0.2, 0.25) is 5.89 Å². The van der Waals surface area contributed by atoms with Crippen molar-refractivity contribution in [3.63, 3.8) is 0 Å². The quantitative estimate of drug-likeness (QED) is 0.769. The zero-order valence-corrected chi connectivity index (χ0v) is 11.4. The van der Waals surface area contributed by atoms with Crippen LogP contribution in [0.3, 0.4) is 0 Å². The van der Waals surface area contributed by atoms with Gasteiger partial charge in [0.25, 0.3) is 0 Å². The van der Waals surface area contributed by atoms with E-state index in [0.29, 0.717) is 6.61 Å². The van der Waals surface area contributed by atoms with Crippen LogP contribution >= 0.6 is 0 Å². The third-order valence-corrected chi connectivity index (χ3v) is 3.53. The Kier molecular flexibility index (Phi) is 5.13. The minimum atomic E-state index is 0.645. The highest BCUT2D eigenvalue weighted by atomic mass is 16.5. The molecule has 1 unspecified atom stereocenters. The van der Waals surface area contributed by atoms with Crippen molar-refractivity contribution in [3.05, 3.63) is 11.7 Å². The van der Waals surface area contributed by atoms with Crippen molar-refractivity contribution in [2.45, 2.75) is 32.1 Å². The maximum atomic E-state index is 5.25. The zero-order chi connectivity index (χ0) is 12.8. The van der Waals surface area contributed by atoms with Gasteiger partial charge in [-0.1, -0.05) is 5.16 Å². The maximum Gasteiger partial charge on any atom is 0.226 e. The van der Waals surface area contributed by atoms with Crippen molar-refractivity contribution in [2.24, 2.45) is 5.92 Å². The van der Waals surface area contributed by atoms with Gasteiger partial charge in [0.05, 0.1) is 6.61 Å². The molecule has 0 N–H and O–H groups in total. The number of rotatable bonds is 6. The van der Waals surface area contributed by atoms with E-state index in [1.807, 2.05) is 0 Å². The summed E-state index contributed by atoms with van der Waals surface area (Å²) in [6.07, 6.45) is 5.42. The predicted molar refractivity (Wildman–Crippen MR) is 68.4 cm³/mol. The molecule has 0 amide bonds. The first-order valence-corrected chi connectivity index (χ1v) is 6.77. The summed E-state index contributed by atoms with van der Waals surface area (Å²) in [6, 6.07) is 0. The van der Waals surface area contributed by atoms with Crippen LogP contribution in [0.4, 0.5) is 0 Å². The van der Waals surface area contributed by atoms with Crippen molar-refractivity contribution in [2.75, 3.05) is 33.9 Å². The number of aromatic nitrogens is 2. The number of methoxy groups -OCH3 is 1. The smallest absolute Gasteiger partial charge is 0.226 e. The molecule has 0 aliphatic carbocycles. The van der Waals surface area contributed by atoms with Gasteiger partial charge in [-0.25, -0.2) is 0 Å². The highest BCUT2D eigenvalue weighted by Gasteiger charge is 2.18. The first-order valence-electron chi connectivity index (χ1n) is 6.77. The zero-order valence-electron chi connectivity index (χ0n) is 11.4. The van der Waals surface area contributed by atoms with Crippen molar-refractivity contribution in [1.82, 2.24) is 15.0 Å². The van der Waals surface area contributed by atoms with E-state index < -0.39 is 0 Å². The summed E-state index contributed by atoms with van der Waals surface area (Å²) in [5.74, 6) is 2.31. The summed E-state index contributed by atoms with van der Waals surface area (Å²) in [7, 11) is 3.88. The van der Waals surface area contributed by atoms with E-state index in [1.54, 1.807) is 7.11 Å². The number of ether oxygens (including phenoxy) is 1. The van der Waals surface area contributed by atoms with Gasteiger partial charge in [-0.3, -0.25) is 0 Å². The first kappa shape index (κ1) is 13.5. The van der Waals surface area contributed by atoms with Crippen LogP contribution in [0.1, 0.15) is 31.0 Å². The van der Waals surface area contributed by atoms with E-state index in [0.717, 1.165) is 36.9 Å². The lowest BCUT2D eigenvalue weighted by atomic mass is 9.94. The standard InChI is InChI=1S/C13H23N3O2/c1-16-8-3-4-11(10-16)5-6-13-14-12(15-18-13)7-9-17-2/h11H,3-10H2,1-2H3. The summed E-state index contributed by atoms with van der Waals surface area (Å²) in [4.78, 5) is 6.79. The van der Waals surface area contributed by atoms with Gasteiger partial charge in [-0.05, 0) is 38.8 Å². The molecule has 102 valence electrons. The summed E-state index contributed by atoms with van der Waals surface area (Å²) in [6.45, 7) is 3.08.